The molecule has 140 valence electrons. The molecule has 0 N–H and O–H groups in total. The molecule has 1 aliphatic heterocycles. The molecule has 1 unspecified atom stereocenters. The second-order valence-corrected chi connectivity index (χ2v) is 8.23. The van der Waals surface area contributed by atoms with Gasteiger partial charge in [-0.3, -0.25) is 4.98 Å². The van der Waals surface area contributed by atoms with Crippen molar-refractivity contribution in [2.24, 2.45) is 0 Å². The molecular weight excluding hydrogens is 352 g/mol. The molecular formula is C19H24N2O4S. The van der Waals surface area contributed by atoms with Crippen LogP contribution in [0.15, 0.2) is 47.6 Å². The van der Waals surface area contributed by atoms with E-state index in [0.29, 0.717) is 36.1 Å². The monoisotopic (exact) mass is 376 g/mol. The zero-order valence-electron chi connectivity index (χ0n) is 15.1. The zero-order chi connectivity index (χ0) is 18.6. The van der Waals surface area contributed by atoms with Crippen LogP contribution in [0, 0.1) is 6.92 Å². The van der Waals surface area contributed by atoms with Gasteiger partial charge in [-0.1, -0.05) is 0 Å². The Labute approximate surface area is 154 Å². The third-order valence-corrected chi connectivity index (χ3v) is 6.24. The molecule has 7 heteroatoms. The minimum atomic E-state index is -3.56. The summed E-state index contributed by atoms with van der Waals surface area (Å²) >= 11 is 0. The number of pyridine rings is 1. The first-order chi connectivity index (χ1) is 12.5. The summed E-state index contributed by atoms with van der Waals surface area (Å²) in [5.74, 6) is 1.42. The molecule has 2 heterocycles. The van der Waals surface area contributed by atoms with Crippen LogP contribution in [0.1, 0.15) is 25.3 Å². The van der Waals surface area contributed by atoms with Crippen molar-refractivity contribution in [2.45, 2.75) is 37.7 Å². The Morgan fingerprint density at radius 3 is 2.69 bits per heavy atom. The maximum absolute atomic E-state index is 13.0. The van der Waals surface area contributed by atoms with E-state index in [1.165, 1.54) is 4.31 Å². The number of benzene rings is 1. The Morgan fingerprint density at radius 1 is 1.23 bits per heavy atom. The average Bonchev–Trinajstić information content (AvgIpc) is 2.64. The Morgan fingerprint density at radius 2 is 2.00 bits per heavy atom. The van der Waals surface area contributed by atoms with Crippen LogP contribution in [0.25, 0.3) is 0 Å². The standard InChI is InChI=1S/C19H24N2O4S/c1-3-24-19-7-6-18(13-15(19)2)26(22,23)21-12-4-5-17(14-21)25-16-8-10-20-11-9-16/h6-11,13,17H,3-5,12,14H2,1-2H3. The van der Waals surface area contributed by atoms with E-state index < -0.39 is 10.0 Å². The van der Waals surface area contributed by atoms with Gasteiger partial charge in [-0.25, -0.2) is 8.42 Å². The van der Waals surface area contributed by atoms with E-state index in [-0.39, 0.29) is 6.10 Å². The Bertz CT molecular complexity index is 840. The molecule has 26 heavy (non-hydrogen) atoms. The van der Waals surface area contributed by atoms with Crippen molar-refractivity contribution in [3.8, 4) is 11.5 Å². The van der Waals surface area contributed by atoms with Crippen molar-refractivity contribution in [2.75, 3.05) is 19.7 Å². The highest BCUT2D eigenvalue weighted by molar-refractivity contribution is 7.89. The molecule has 1 aromatic heterocycles. The van der Waals surface area contributed by atoms with Gasteiger partial charge in [0, 0.05) is 18.9 Å². The van der Waals surface area contributed by atoms with Gasteiger partial charge in [-0.05, 0) is 62.6 Å². The minimum Gasteiger partial charge on any atom is -0.494 e. The van der Waals surface area contributed by atoms with Gasteiger partial charge in [0.2, 0.25) is 10.0 Å². The van der Waals surface area contributed by atoms with Gasteiger partial charge in [0.15, 0.2) is 0 Å². The molecule has 6 nitrogen and oxygen atoms in total. The lowest BCUT2D eigenvalue weighted by Gasteiger charge is -2.32. The number of aryl methyl sites for hydroxylation is 1. The predicted octanol–water partition coefficient (Wildman–Crippen LogP) is 3.02. The second-order valence-electron chi connectivity index (χ2n) is 6.29. The number of rotatable bonds is 6. The van der Waals surface area contributed by atoms with Gasteiger partial charge >= 0.3 is 0 Å². The van der Waals surface area contributed by atoms with E-state index >= 15 is 0 Å². The largest absolute Gasteiger partial charge is 0.494 e. The first kappa shape index (κ1) is 18.7. The molecule has 0 saturated carbocycles. The molecule has 0 amide bonds. The molecule has 0 bridgehead atoms. The SMILES string of the molecule is CCOc1ccc(S(=O)(=O)N2CCCC(Oc3ccncc3)C2)cc1C. The van der Waals surface area contributed by atoms with Gasteiger partial charge in [-0.15, -0.1) is 0 Å². The number of ether oxygens (including phenoxy) is 2. The Balaban J connectivity index is 1.75. The third kappa shape index (κ3) is 4.16. The molecule has 0 spiro atoms. The highest BCUT2D eigenvalue weighted by atomic mass is 32.2. The lowest BCUT2D eigenvalue weighted by atomic mass is 10.1. The first-order valence-electron chi connectivity index (χ1n) is 8.81. The fourth-order valence-corrected chi connectivity index (χ4v) is 4.67. The van der Waals surface area contributed by atoms with Crippen LogP contribution in [0.5, 0.6) is 11.5 Å². The van der Waals surface area contributed by atoms with Crippen LogP contribution in [-0.2, 0) is 10.0 Å². The number of sulfonamides is 1. The second kappa shape index (κ2) is 8.05. The zero-order valence-corrected chi connectivity index (χ0v) is 15.9. The number of aromatic nitrogens is 1. The molecule has 1 saturated heterocycles. The summed E-state index contributed by atoms with van der Waals surface area (Å²) in [7, 11) is -3.56. The van der Waals surface area contributed by atoms with Crippen molar-refractivity contribution in [1.29, 1.82) is 0 Å². The number of piperidine rings is 1. The van der Waals surface area contributed by atoms with Gasteiger partial charge < -0.3 is 9.47 Å². The van der Waals surface area contributed by atoms with E-state index in [0.717, 1.165) is 18.4 Å². The summed E-state index contributed by atoms with van der Waals surface area (Å²) in [6.07, 6.45) is 4.76. The fraction of sp³-hybridized carbons (Fsp3) is 0.421. The minimum absolute atomic E-state index is 0.162. The summed E-state index contributed by atoms with van der Waals surface area (Å²) in [6, 6.07) is 8.57. The van der Waals surface area contributed by atoms with E-state index in [1.807, 2.05) is 13.8 Å². The van der Waals surface area contributed by atoms with Crippen molar-refractivity contribution < 1.29 is 17.9 Å². The summed E-state index contributed by atoms with van der Waals surface area (Å²) < 4.78 is 39.0. The van der Waals surface area contributed by atoms with E-state index in [2.05, 4.69) is 4.98 Å². The van der Waals surface area contributed by atoms with Crippen LogP contribution >= 0.6 is 0 Å². The van der Waals surface area contributed by atoms with Crippen LogP contribution in [0.4, 0.5) is 0 Å². The summed E-state index contributed by atoms with van der Waals surface area (Å²) in [6.45, 7) is 5.16. The third-order valence-electron chi connectivity index (χ3n) is 4.38. The van der Waals surface area contributed by atoms with Crippen LogP contribution in [0.3, 0.4) is 0 Å². The maximum atomic E-state index is 13.0. The highest BCUT2D eigenvalue weighted by Gasteiger charge is 2.31. The maximum Gasteiger partial charge on any atom is 0.243 e. The van der Waals surface area contributed by atoms with Gasteiger partial charge in [0.1, 0.15) is 17.6 Å². The van der Waals surface area contributed by atoms with Crippen molar-refractivity contribution in [3.05, 3.63) is 48.3 Å². The normalized spacial score (nSPS) is 18.5. The first-order valence-corrected chi connectivity index (χ1v) is 10.2. The molecule has 0 radical (unpaired) electrons. The van der Waals surface area contributed by atoms with Gasteiger partial charge in [0.25, 0.3) is 0 Å². The van der Waals surface area contributed by atoms with E-state index in [1.54, 1.807) is 42.7 Å². The summed E-state index contributed by atoms with van der Waals surface area (Å²) in [5, 5.41) is 0. The summed E-state index contributed by atoms with van der Waals surface area (Å²) in [4.78, 5) is 4.26. The number of hydrogen-bond acceptors (Lipinski definition) is 5. The highest BCUT2D eigenvalue weighted by Crippen LogP contribution is 2.27. The van der Waals surface area contributed by atoms with Crippen LogP contribution < -0.4 is 9.47 Å². The molecule has 1 atom stereocenters. The molecule has 3 rings (SSSR count). The lowest BCUT2D eigenvalue weighted by Crippen LogP contribution is -2.44. The van der Waals surface area contributed by atoms with E-state index in [9.17, 15) is 8.42 Å². The quantitative estimate of drug-likeness (QED) is 0.775. The van der Waals surface area contributed by atoms with Crippen molar-refractivity contribution >= 4 is 10.0 Å². The number of nitrogens with zero attached hydrogens (tertiary/aromatic N) is 2. The smallest absolute Gasteiger partial charge is 0.243 e. The molecule has 0 aliphatic carbocycles. The lowest BCUT2D eigenvalue weighted by molar-refractivity contribution is 0.129. The van der Waals surface area contributed by atoms with E-state index in [4.69, 9.17) is 9.47 Å². The van der Waals surface area contributed by atoms with Crippen LogP contribution in [-0.4, -0.2) is 43.5 Å². The molecule has 2 aromatic rings. The molecule has 1 fully saturated rings. The Kier molecular flexibility index (Phi) is 5.78. The van der Waals surface area contributed by atoms with Crippen molar-refractivity contribution in [1.82, 2.24) is 9.29 Å². The summed E-state index contributed by atoms with van der Waals surface area (Å²) in [5.41, 5.74) is 0.814. The van der Waals surface area contributed by atoms with Crippen molar-refractivity contribution in [3.63, 3.8) is 0 Å². The predicted molar refractivity (Wildman–Crippen MR) is 99.0 cm³/mol. The topological polar surface area (TPSA) is 68.7 Å². The molecule has 1 aliphatic rings. The van der Waals surface area contributed by atoms with Crippen LogP contribution in [0.2, 0.25) is 0 Å². The van der Waals surface area contributed by atoms with Gasteiger partial charge in [-0.2, -0.15) is 4.31 Å². The molecule has 1 aromatic carbocycles. The Hall–Kier alpha value is -2.12. The fourth-order valence-electron chi connectivity index (χ4n) is 3.08. The number of hydrogen-bond donors (Lipinski definition) is 0. The van der Waals surface area contributed by atoms with Gasteiger partial charge in [0.05, 0.1) is 18.0 Å². The average molecular weight is 376 g/mol.